The highest BCUT2D eigenvalue weighted by Gasteiger charge is 2.20. The average Bonchev–Trinajstić information content (AvgIpc) is 3.00. The van der Waals surface area contributed by atoms with E-state index in [1.165, 1.54) is 24.5 Å². The number of halogens is 2. The van der Waals surface area contributed by atoms with Gasteiger partial charge in [-0.2, -0.15) is 5.48 Å². The van der Waals surface area contributed by atoms with E-state index < -0.39 is 24.6 Å². The normalized spacial score (nSPS) is 12.0. The highest BCUT2D eigenvalue weighted by atomic mass is 127. The van der Waals surface area contributed by atoms with Gasteiger partial charge in [0, 0.05) is 16.0 Å². The number of hydroxylamine groups is 1. The third kappa shape index (κ3) is 4.86. The van der Waals surface area contributed by atoms with Gasteiger partial charge in [0.2, 0.25) is 0 Å². The minimum atomic E-state index is -1.15. The van der Waals surface area contributed by atoms with Gasteiger partial charge in [0.15, 0.2) is 0 Å². The predicted molar refractivity (Wildman–Crippen MR) is 105 cm³/mol. The number of carbonyl (C=O) groups excluding carboxylic acids is 1. The van der Waals surface area contributed by atoms with Crippen LogP contribution in [-0.4, -0.2) is 40.6 Å². The Morgan fingerprint density at radius 2 is 2.21 bits per heavy atom. The zero-order chi connectivity index (χ0) is 20.1. The molecule has 0 aliphatic rings. The molecule has 0 radical (unpaired) electrons. The molecule has 0 saturated heterocycles. The van der Waals surface area contributed by atoms with Crippen molar-refractivity contribution in [3.63, 3.8) is 0 Å². The van der Waals surface area contributed by atoms with E-state index in [2.05, 4.69) is 10.3 Å². The highest BCUT2D eigenvalue weighted by molar-refractivity contribution is 14.1. The molecule has 0 aliphatic carbocycles. The molecule has 3 aromatic rings. The van der Waals surface area contributed by atoms with E-state index in [0.717, 1.165) is 3.57 Å². The van der Waals surface area contributed by atoms with E-state index in [4.69, 9.17) is 19.1 Å². The second-order valence-corrected chi connectivity index (χ2v) is 6.77. The van der Waals surface area contributed by atoms with Crippen molar-refractivity contribution in [3.8, 4) is 5.95 Å². The van der Waals surface area contributed by atoms with Crippen molar-refractivity contribution in [2.75, 3.05) is 18.5 Å². The Bertz CT molecular complexity index is 983. The average molecular weight is 503 g/mol. The van der Waals surface area contributed by atoms with Crippen molar-refractivity contribution in [1.82, 2.24) is 10.5 Å². The maximum atomic E-state index is 14.2. The first kappa shape index (κ1) is 20.3. The van der Waals surface area contributed by atoms with Gasteiger partial charge in [0.25, 0.3) is 0 Å². The molecule has 9 nitrogen and oxygen atoms in total. The highest BCUT2D eigenvalue weighted by Crippen LogP contribution is 2.39. The Balaban J connectivity index is 1.82. The lowest BCUT2D eigenvalue weighted by molar-refractivity contribution is -0.0297. The van der Waals surface area contributed by atoms with Crippen molar-refractivity contribution in [2.24, 2.45) is 0 Å². The van der Waals surface area contributed by atoms with Gasteiger partial charge in [-0.05, 0) is 46.9 Å². The number of nitrogens with zero attached hydrogens (tertiary/aromatic N) is 1. The number of aromatic nitrogens is 1. The number of anilines is 2. The van der Waals surface area contributed by atoms with Crippen molar-refractivity contribution < 1.29 is 33.4 Å². The van der Waals surface area contributed by atoms with Crippen molar-refractivity contribution >= 4 is 51.0 Å². The summed E-state index contributed by atoms with van der Waals surface area (Å²) in [5.41, 5.74) is 2.66. The number of carbonyl (C=O) groups is 1. The van der Waals surface area contributed by atoms with Crippen LogP contribution in [0.15, 0.2) is 41.1 Å². The number of fused-ring (bicyclic) bond motifs is 1. The third-order valence-corrected chi connectivity index (χ3v) is 4.15. The Morgan fingerprint density at radius 3 is 2.96 bits per heavy atom. The Morgan fingerprint density at radius 1 is 1.39 bits per heavy atom. The van der Waals surface area contributed by atoms with Crippen LogP contribution < -0.4 is 15.5 Å². The number of aliphatic hydroxyl groups excluding tert-OH is 2. The second kappa shape index (κ2) is 9.14. The fourth-order valence-electron chi connectivity index (χ4n) is 2.19. The summed E-state index contributed by atoms with van der Waals surface area (Å²) >= 11 is 1.99. The van der Waals surface area contributed by atoms with Crippen LogP contribution in [0.4, 0.5) is 20.6 Å². The largest absolute Gasteiger partial charge is 0.439 e. The Kier molecular flexibility index (Phi) is 6.61. The molecule has 3 rings (SSSR count). The molecule has 0 aliphatic heterocycles. The number of ether oxygens (including phenoxy) is 1. The molecule has 0 fully saturated rings. The van der Waals surface area contributed by atoms with Crippen molar-refractivity contribution in [3.05, 3.63) is 46.0 Å². The number of pyridine rings is 1. The first-order chi connectivity index (χ1) is 13.5. The summed E-state index contributed by atoms with van der Waals surface area (Å²) in [5.74, 6) is -0.730. The topological polar surface area (TPSA) is 126 Å². The number of nitrogens with one attached hydrogen (secondary N) is 2. The van der Waals surface area contributed by atoms with Crippen LogP contribution in [0, 0.1) is 9.39 Å². The van der Waals surface area contributed by atoms with Crippen LogP contribution in [0.3, 0.4) is 0 Å². The molecule has 28 heavy (non-hydrogen) atoms. The zero-order valence-corrected chi connectivity index (χ0v) is 16.3. The van der Waals surface area contributed by atoms with Gasteiger partial charge in [-0.1, -0.05) is 0 Å². The van der Waals surface area contributed by atoms with E-state index in [9.17, 15) is 14.3 Å². The summed E-state index contributed by atoms with van der Waals surface area (Å²) in [6.45, 7) is -0.864. The lowest BCUT2D eigenvalue weighted by Crippen LogP contribution is -2.31. The molecule has 0 bridgehead atoms. The van der Waals surface area contributed by atoms with Crippen molar-refractivity contribution in [2.45, 2.75) is 6.10 Å². The van der Waals surface area contributed by atoms with Crippen LogP contribution in [0.25, 0.3) is 11.0 Å². The molecule has 0 spiro atoms. The number of hydrogen-bond donors (Lipinski definition) is 4. The number of amides is 1. The number of furan rings is 1. The monoisotopic (exact) mass is 503 g/mol. The van der Waals surface area contributed by atoms with Gasteiger partial charge in [-0.25, -0.2) is 9.18 Å². The zero-order valence-electron chi connectivity index (χ0n) is 14.2. The molecule has 0 saturated carbocycles. The molecule has 1 aromatic carbocycles. The molecule has 2 aromatic heterocycles. The molecule has 0 unspecified atom stereocenters. The van der Waals surface area contributed by atoms with Gasteiger partial charge >= 0.3 is 12.0 Å². The molecule has 1 atom stereocenters. The van der Waals surface area contributed by atoms with E-state index >= 15 is 0 Å². The first-order valence-corrected chi connectivity index (χ1v) is 9.03. The van der Waals surface area contributed by atoms with Gasteiger partial charge in [0.1, 0.15) is 29.8 Å². The van der Waals surface area contributed by atoms with E-state index in [0.29, 0.717) is 11.0 Å². The number of aliphatic hydroxyl groups is 2. The summed E-state index contributed by atoms with van der Waals surface area (Å²) in [4.78, 5) is 20.6. The van der Waals surface area contributed by atoms with Crippen LogP contribution in [0.1, 0.15) is 0 Å². The smallest absolute Gasteiger partial charge is 0.424 e. The van der Waals surface area contributed by atoms with Gasteiger partial charge in [-0.3, -0.25) is 9.82 Å². The quantitative estimate of drug-likeness (QED) is 0.287. The lowest BCUT2D eigenvalue weighted by Gasteiger charge is -2.10. The summed E-state index contributed by atoms with van der Waals surface area (Å²) < 4.78 is 25.5. The molecular weight excluding hydrogens is 488 g/mol. The maximum Gasteiger partial charge on any atom is 0.439 e. The van der Waals surface area contributed by atoms with E-state index in [1.807, 2.05) is 28.1 Å². The van der Waals surface area contributed by atoms with Crippen LogP contribution in [0.5, 0.6) is 5.95 Å². The van der Waals surface area contributed by atoms with Gasteiger partial charge < -0.3 is 24.7 Å². The fraction of sp³-hybridized carbons (Fsp3) is 0.176. The minimum absolute atomic E-state index is 0.152. The maximum absolute atomic E-state index is 14.2. The molecule has 1 amide bonds. The molecule has 11 heteroatoms. The van der Waals surface area contributed by atoms with Gasteiger partial charge in [0.05, 0.1) is 17.7 Å². The first-order valence-electron chi connectivity index (χ1n) is 7.95. The van der Waals surface area contributed by atoms with E-state index in [-0.39, 0.29) is 23.9 Å². The second-order valence-electron chi connectivity index (χ2n) is 5.52. The SMILES string of the molecule is O=C(NOC[C@H](O)CO)Oc1oc2ccncc2c1Nc1ccc(I)cc1F. The summed E-state index contributed by atoms with van der Waals surface area (Å²) in [7, 11) is 0. The lowest BCUT2D eigenvalue weighted by atomic mass is 10.2. The predicted octanol–water partition coefficient (Wildman–Crippen LogP) is 2.69. The number of rotatable bonds is 7. The van der Waals surface area contributed by atoms with Crippen LogP contribution >= 0.6 is 22.6 Å². The molecule has 148 valence electrons. The minimum Gasteiger partial charge on any atom is -0.424 e. The third-order valence-electron chi connectivity index (χ3n) is 3.48. The number of hydrogen-bond acceptors (Lipinski definition) is 8. The standard InChI is InChI=1S/C17H15FIN3O6/c18-12-5-9(19)1-2-13(12)21-15-11-6-20-4-3-14(11)27-16(15)28-17(25)22-26-8-10(24)7-23/h1-6,10,21,23-24H,7-8H2,(H,22,25)/t10-/m1/s1. The van der Waals surface area contributed by atoms with Crippen molar-refractivity contribution in [1.29, 1.82) is 0 Å². The van der Waals surface area contributed by atoms with Gasteiger partial charge in [-0.15, -0.1) is 0 Å². The molecule has 4 N–H and O–H groups in total. The Labute approximate surface area is 171 Å². The van der Waals surface area contributed by atoms with Crippen LogP contribution in [0.2, 0.25) is 0 Å². The number of benzene rings is 1. The summed E-state index contributed by atoms with van der Waals surface area (Å²) in [6.07, 6.45) is 0.775. The summed E-state index contributed by atoms with van der Waals surface area (Å²) in [5, 5.41) is 21.2. The fourth-order valence-corrected chi connectivity index (χ4v) is 2.64. The molecular formula is C17H15FIN3O6. The Hall–Kier alpha value is -2.48. The molecule has 2 heterocycles. The summed E-state index contributed by atoms with van der Waals surface area (Å²) in [6, 6.07) is 6.15. The van der Waals surface area contributed by atoms with Crippen LogP contribution in [-0.2, 0) is 4.84 Å². The van der Waals surface area contributed by atoms with E-state index in [1.54, 1.807) is 12.1 Å².